The summed E-state index contributed by atoms with van der Waals surface area (Å²) in [6.07, 6.45) is 2.87. The molecule has 1 aliphatic carbocycles. The van der Waals surface area contributed by atoms with E-state index in [2.05, 4.69) is 16.1 Å². The van der Waals surface area contributed by atoms with E-state index in [0.717, 1.165) is 24.8 Å². The van der Waals surface area contributed by atoms with Crippen LogP contribution < -0.4 is 14.8 Å². The maximum atomic E-state index is 12.9. The lowest BCUT2D eigenvalue weighted by Crippen LogP contribution is -2.32. The van der Waals surface area contributed by atoms with Crippen molar-refractivity contribution in [3.05, 3.63) is 59.2 Å². The van der Waals surface area contributed by atoms with Crippen molar-refractivity contribution in [2.45, 2.75) is 50.1 Å². The summed E-state index contributed by atoms with van der Waals surface area (Å²) < 4.78 is 33.0. The Morgan fingerprint density at radius 3 is 2.64 bits per heavy atom. The van der Waals surface area contributed by atoms with Gasteiger partial charge in [-0.2, -0.15) is 0 Å². The molecule has 0 aromatic heterocycles. The summed E-state index contributed by atoms with van der Waals surface area (Å²) in [4.78, 5) is 12.8. The molecule has 0 heterocycles. The number of hydrogen-bond acceptors (Lipinski definition) is 4. The molecule has 2 N–H and O–H groups in total. The number of fused-ring (bicyclic) bond motifs is 1. The van der Waals surface area contributed by atoms with Crippen LogP contribution in [0.4, 0.5) is 0 Å². The van der Waals surface area contributed by atoms with Crippen molar-refractivity contribution in [2.24, 2.45) is 0 Å². The first-order valence-electron chi connectivity index (χ1n) is 9.41. The number of carbonyl (C=O) groups is 1. The van der Waals surface area contributed by atoms with E-state index >= 15 is 0 Å². The van der Waals surface area contributed by atoms with Gasteiger partial charge in [-0.3, -0.25) is 4.79 Å². The monoisotopic (exact) mass is 402 g/mol. The van der Waals surface area contributed by atoms with Crippen LogP contribution in [0.3, 0.4) is 0 Å². The van der Waals surface area contributed by atoms with Crippen molar-refractivity contribution in [1.82, 2.24) is 10.0 Å². The number of nitrogens with one attached hydrogen (secondary N) is 2. The van der Waals surface area contributed by atoms with E-state index in [1.54, 1.807) is 19.9 Å². The van der Waals surface area contributed by atoms with Gasteiger partial charge >= 0.3 is 0 Å². The Balaban J connectivity index is 1.88. The Hall–Kier alpha value is -2.38. The first-order valence-corrected chi connectivity index (χ1v) is 10.9. The van der Waals surface area contributed by atoms with Crippen LogP contribution in [-0.2, 0) is 16.4 Å². The fraction of sp³-hybridized carbons (Fsp3) is 0.381. The zero-order valence-electron chi connectivity index (χ0n) is 16.4. The Morgan fingerprint density at radius 2 is 1.93 bits per heavy atom. The molecule has 0 radical (unpaired) electrons. The number of amides is 1. The van der Waals surface area contributed by atoms with Crippen LogP contribution in [0.1, 0.15) is 54.2 Å². The molecule has 0 spiro atoms. The van der Waals surface area contributed by atoms with Crippen LogP contribution >= 0.6 is 0 Å². The smallest absolute Gasteiger partial charge is 0.251 e. The van der Waals surface area contributed by atoms with Crippen LogP contribution in [0, 0.1) is 0 Å². The van der Waals surface area contributed by atoms with Crippen molar-refractivity contribution >= 4 is 15.9 Å². The number of benzene rings is 2. The summed E-state index contributed by atoms with van der Waals surface area (Å²) in [7, 11) is -2.39. The van der Waals surface area contributed by atoms with Gasteiger partial charge in [0.2, 0.25) is 10.0 Å². The van der Waals surface area contributed by atoms with Crippen molar-refractivity contribution in [1.29, 1.82) is 0 Å². The molecule has 0 saturated carbocycles. The third kappa shape index (κ3) is 4.36. The van der Waals surface area contributed by atoms with Crippen molar-refractivity contribution in [2.75, 3.05) is 7.11 Å². The fourth-order valence-electron chi connectivity index (χ4n) is 3.55. The molecule has 1 amide bonds. The van der Waals surface area contributed by atoms with E-state index in [4.69, 9.17) is 4.74 Å². The van der Waals surface area contributed by atoms with Gasteiger partial charge in [0.1, 0.15) is 10.6 Å². The molecule has 1 aliphatic rings. The van der Waals surface area contributed by atoms with Gasteiger partial charge in [-0.15, -0.1) is 0 Å². The number of sulfonamides is 1. The van der Waals surface area contributed by atoms with Gasteiger partial charge in [-0.05, 0) is 62.4 Å². The maximum absolute atomic E-state index is 12.9. The number of aryl methyl sites for hydroxylation is 1. The average molecular weight is 403 g/mol. The summed E-state index contributed by atoms with van der Waals surface area (Å²) >= 11 is 0. The second kappa shape index (κ2) is 8.32. The molecule has 0 saturated heterocycles. The highest BCUT2D eigenvalue weighted by atomic mass is 32.2. The maximum Gasteiger partial charge on any atom is 0.251 e. The standard InChI is InChI=1S/C21H26N2O4S/c1-14(2)23-28(25,26)20-13-16(11-12-19(20)27-3)21(24)22-18-10-6-8-15-7-4-5-9-17(15)18/h4-5,7,9,11-14,18,23H,6,8,10H2,1-3H3,(H,22,24)/t18-/m1/s1. The van der Waals surface area contributed by atoms with Gasteiger partial charge in [-0.1, -0.05) is 24.3 Å². The lowest BCUT2D eigenvalue weighted by Gasteiger charge is -2.26. The highest BCUT2D eigenvalue weighted by molar-refractivity contribution is 7.89. The molecule has 1 atom stereocenters. The number of methoxy groups -OCH3 is 1. The fourth-order valence-corrected chi connectivity index (χ4v) is 4.99. The zero-order valence-corrected chi connectivity index (χ0v) is 17.2. The molecule has 150 valence electrons. The minimum atomic E-state index is -3.80. The molecule has 7 heteroatoms. The summed E-state index contributed by atoms with van der Waals surface area (Å²) in [5.41, 5.74) is 2.66. The Labute approximate surface area is 166 Å². The minimum Gasteiger partial charge on any atom is -0.495 e. The summed E-state index contributed by atoms with van der Waals surface area (Å²) in [6, 6.07) is 12.2. The van der Waals surface area contributed by atoms with E-state index < -0.39 is 10.0 Å². The molecule has 2 aromatic rings. The third-order valence-electron chi connectivity index (χ3n) is 4.78. The first kappa shape index (κ1) is 20.4. The van der Waals surface area contributed by atoms with Crippen LogP contribution in [0.15, 0.2) is 47.4 Å². The predicted molar refractivity (Wildman–Crippen MR) is 108 cm³/mol. The largest absolute Gasteiger partial charge is 0.495 e. The summed E-state index contributed by atoms with van der Waals surface area (Å²) in [6.45, 7) is 3.47. The van der Waals surface area contributed by atoms with Crippen molar-refractivity contribution in [3.8, 4) is 5.75 Å². The zero-order chi connectivity index (χ0) is 20.3. The van der Waals surface area contributed by atoms with Crippen LogP contribution in [-0.4, -0.2) is 27.5 Å². The molecular weight excluding hydrogens is 376 g/mol. The molecule has 2 aromatic carbocycles. The Morgan fingerprint density at radius 1 is 1.18 bits per heavy atom. The molecule has 0 fully saturated rings. The van der Waals surface area contributed by atoms with Crippen LogP contribution in [0.25, 0.3) is 0 Å². The van der Waals surface area contributed by atoms with Gasteiger partial charge in [-0.25, -0.2) is 13.1 Å². The van der Waals surface area contributed by atoms with Crippen molar-refractivity contribution < 1.29 is 17.9 Å². The quantitative estimate of drug-likeness (QED) is 0.777. The van der Waals surface area contributed by atoms with Crippen LogP contribution in [0.2, 0.25) is 0 Å². The molecule has 28 heavy (non-hydrogen) atoms. The number of ether oxygens (including phenoxy) is 1. The summed E-state index contributed by atoms with van der Waals surface area (Å²) in [5, 5.41) is 3.05. The molecule has 0 unspecified atom stereocenters. The first-order chi connectivity index (χ1) is 13.3. The number of carbonyl (C=O) groups excluding carboxylic acids is 1. The lowest BCUT2D eigenvalue weighted by atomic mass is 9.87. The van der Waals surface area contributed by atoms with E-state index in [1.165, 1.54) is 24.8 Å². The minimum absolute atomic E-state index is 0.0413. The second-order valence-electron chi connectivity index (χ2n) is 7.26. The highest BCUT2D eigenvalue weighted by Crippen LogP contribution is 2.30. The molecule has 3 rings (SSSR count). The number of rotatable bonds is 6. The molecule has 6 nitrogen and oxygen atoms in total. The van der Waals surface area contributed by atoms with Gasteiger partial charge in [0.05, 0.1) is 13.2 Å². The van der Waals surface area contributed by atoms with E-state index in [1.807, 2.05) is 18.2 Å². The predicted octanol–water partition coefficient (Wildman–Crippen LogP) is 3.19. The van der Waals surface area contributed by atoms with Gasteiger partial charge in [0.15, 0.2) is 0 Å². The van der Waals surface area contributed by atoms with E-state index in [-0.39, 0.29) is 34.2 Å². The van der Waals surface area contributed by atoms with Crippen molar-refractivity contribution in [3.63, 3.8) is 0 Å². The third-order valence-corrected chi connectivity index (χ3v) is 6.46. The van der Waals surface area contributed by atoms with Gasteiger partial charge in [0, 0.05) is 11.6 Å². The van der Waals surface area contributed by atoms with E-state index in [0.29, 0.717) is 0 Å². The van der Waals surface area contributed by atoms with Gasteiger partial charge in [0.25, 0.3) is 5.91 Å². The topological polar surface area (TPSA) is 84.5 Å². The summed E-state index contributed by atoms with van der Waals surface area (Å²) in [5.74, 6) is -0.0990. The SMILES string of the molecule is COc1ccc(C(=O)N[C@@H]2CCCc3ccccc32)cc1S(=O)(=O)NC(C)C. The normalized spacial score (nSPS) is 16.5. The second-order valence-corrected chi connectivity index (χ2v) is 8.94. The van der Waals surface area contributed by atoms with Gasteiger partial charge < -0.3 is 10.1 Å². The Bertz CT molecular complexity index is 970. The molecule has 0 bridgehead atoms. The Kier molecular flexibility index (Phi) is 6.05. The average Bonchev–Trinajstić information content (AvgIpc) is 2.66. The van der Waals surface area contributed by atoms with Crippen LogP contribution in [0.5, 0.6) is 5.75 Å². The highest BCUT2D eigenvalue weighted by Gasteiger charge is 2.25. The lowest BCUT2D eigenvalue weighted by molar-refractivity contribution is 0.0932. The molecule has 0 aliphatic heterocycles. The molecular formula is C21H26N2O4S. The number of hydrogen-bond donors (Lipinski definition) is 2. The van der Waals surface area contributed by atoms with E-state index in [9.17, 15) is 13.2 Å².